The molecule has 1 aliphatic carbocycles. The van der Waals surface area contributed by atoms with Crippen molar-refractivity contribution >= 4 is 5.97 Å². The van der Waals surface area contributed by atoms with Gasteiger partial charge in [-0.15, -0.1) is 0 Å². The molecule has 1 aromatic rings. The van der Waals surface area contributed by atoms with Gasteiger partial charge in [0.2, 0.25) is 0 Å². The predicted octanol–water partition coefficient (Wildman–Crippen LogP) is 2.31. The molecule has 1 heterocycles. The minimum absolute atomic E-state index is 0.0527. The molecule has 104 valence electrons. The van der Waals surface area contributed by atoms with Crippen LogP contribution in [0.15, 0.2) is 18.3 Å². The lowest BCUT2D eigenvalue weighted by Gasteiger charge is -2.23. The molecular weight excluding hydrogens is 261 g/mol. The van der Waals surface area contributed by atoms with Gasteiger partial charge >= 0.3 is 12.1 Å². The van der Waals surface area contributed by atoms with Gasteiger partial charge in [-0.3, -0.25) is 4.90 Å². The van der Waals surface area contributed by atoms with Crippen molar-refractivity contribution < 1.29 is 23.1 Å². The van der Waals surface area contributed by atoms with Crippen LogP contribution in [0, 0.1) is 0 Å². The molecule has 1 saturated carbocycles. The topological polar surface area (TPSA) is 53.4 Å². The Kier molecular flexibility index (Phi) is 3.75. The normalized spacial score (nSPS) is 15.8. The van der Waals surface area contributed by atoms with Gasteiger partial charge in [0.25, 0.3) is 0 Å². The van der Waals surface area contributed by atoms with Crippen LogP contribution in [0.2, 0.25) is 0 Å². The summed E-state index contributed by atoms with van der Waals surface area (Å²) in [6.07, 6.45) is -1.43. The number of carboxylic acids is 1. The zero-order chi connectivity index (χ0) is 14.0. The summed E-state index contributed by atoms with van der Waals surface area (Å²) in [5.74, 6) is -1.18. The summed E-state index contributed by atoms with van der Waals surface area (Å²) in [5.41, 5.74) is 0.379. The predicted molar refractivity (Wildman–Crippen MR) is 60.7 cm³/mol. The van der Waals surface area contributed by atoms with E-state index in [0.29, 0.717) is 5.56 Å². The monoisotopic (exact) mass is 274 g/mol. The highest BCUT2D eigenvalue weighted by Gasteiger charge is 2.37. The number of aromatic carboxylic acids is 1. The van der Waals surface area contributed by atoms with Crippen molar-refractivity contribution in [2.75, 3.05) is 6.54 Å². The molecule has 1 aromatic heterocycles. The van der Waals surface area contributed by atoms with E-state index in [9.17, 15) is 18.0 Å². The van der Waals surface area contributed by atoms with Gasteiger partial charge in [0.1, 0.15) is 5.69 Å². The average Bonchev–Trinajstić information content (AvgIpc) is 3.10. The van der Waals surface area contributed by atoms with Crippen LogP contribution < -0.4 is 0 Å². The third-order valence-electron chi connectivity index (χ3n) is 2.87. The fourth-order valence-corrected chi connectivity index (χ4v) is 1.91. The first-order valence-corrected chi connectivity index (χ1v) is 5.84. The molecule has 0 radical (unpaired) electrons. The molecule has 0 unspecified atom stereocenters. The SMILES string of the molecule is O=C(O)c1cc(CN(CC(F)(F)F)C2CC2)ccn1. The first kappa shape index (κ1) is 13.8. The fraction of sp³-hybridized carbons (Fsp3) is 0.500. The van der Waals surface area contributed by atoms with Crippen LogP contribution in [0.25, 0.3) is 0 Å². The van der Waals surface area contributed by atoms with E-state index in [0.717, 1.165) is 12.8 Å². The van der Waals surface area contributed by atoms with E-state index in [1.54, 1.807) is 0 Å². The van der Waals surface area contributed by atoms with Gasteiger partial charge in [-0.1, -0.05) is 0 Å². The Balaban J connectivity index is 2.08. The van der Waals surface area contributed by atoms with Crippen molar-refractivity contribution in [1.29, 1.82) is 0 Å². The lowest BCUT2D eigenvalue weighted by Crippen LogP contribution is -2.35. The molecule has 0 aromatic carbocycles. The Morgan fingerprint density at radius 3 is 2.68 bits per heavy atom. The third kappa shape index (κ3) is 4.20. The number of aromatic nitrogens is 1. The molecule has 0 saturated heterocycles. The molecule has 0 bridgehead atoms. The number of halogens is 3. The standard InChI is InChI=1S/C12H13F3N2O2/c13-12(14,15)7-17(9-1-2-9)6-8-3-4-16-10(5-8)11(18)19/h3-5,9H,1-2,6-7H2,(H,18,19). The van der Waals surface area contributed by atoms with Crippen LogP contribution >= 0.6 is 0 Å². The number of nitrogens with zero attached hydrogens (tertiary/aromatic N) is 2. The van der Waals surface area contributed by atoms with Crippen LogP contribution in [-0.2, 0) is 6.54 Å². The summed E-state index contributed by atoms with van der Waals surface area (Å²) in [5, 5.41) is 8.80. The Labute approximate surface area is 107 Å². The van der Waals surface area contributed by atoms with E-state index >= 15 is 0 Å². The molecule has 2 rings (SSSR count). The lowest BCUT2D eigenvalue weighted by molar-refractivity contribution is -0.148. The van der Waals surface area contributed by atoms with Gasteiger partial charge in [0.05, 0.1) is 6.54 Å². The highest BCUT2D eigenvalue weighted by Crippen LogP contribution is 2.31. The summed E-state index contributed by atoms with van der Waals surface area (Å²) in [7, 11) is 0. The smallest absolute Gasteiger partial charge is 0.401 e. The molecule has 0 spiro atoms. The number of rotatable bonds is 5. The first-order chi connectivity index (χ1) is 8.85. The Hall–Kier alpha value is -1.63. The molecule has 7 heteroatoms. The minimum atomic E-state index is -4.24. The number of carbonyl (C=O) groups is 1. The second-order valence-corrected chi connectivity index (χ2v) is 4.61. The van der Waals surface area contributed by atoms with Crippen molar-refractivity contribution in [3.8, 4) is 0 Å². The molecule has 1 aliphatic rings. The number of alkyl halides is 3. The van der Waals surface area contributed by atoms with Crippen molar-refractivity contribution in [2.45, 2.75) is 31.6 Å². The lowest BCUT2D eigenvalue weighted by atomic mass is 10.2. The van der Waals surface area contributed by atoms with Crippen LogP contribution in [0.4, 0.5) is 13.2 Å². The van der Waals surface area contributed by atoms with Crippen molar-refractivity contribution in [2.24, 2.45) is 0 Å². The van der Waals surface area contributed by atoms with Crippen LogP contribution in [0.5, 0.6) is 0 Å². The van der Waals surface area contributed by atoms with E-state index in [1.807, 2.05) is 0 Å². The maximum atomic E-state index is 12.5. The number of pyridine rings is 1. The highest BCUT2D eigenvalue weighted by atomic mass is 19.4. The van der Waals surface area contributed by atoms with Gasteiger partial charge < -0.3 is 5.11 Å². The van der Waals surface area contributed by atoms with Crippen molar-refractivity contribution in [3.05, 3.63) is 29.6 Å². The van der Waals surface area contributed by atoms with E-state index in [2.05, 4.69) is 4.98 Å². The van der Waals surface area contributed by atoms with E-state index in [1.165, 1.54) is 23.2 Å². The van der Waals surface area contributed by atoms with Gasteiger partial charge in [-0.05, 0) is 30.5 Å². The summed E-state index contributed by atoms with van der Waals surface area (Å²) in [6, 6.07) is 2.80. The zero-order valence-corrected chi connectivity index (χ0v) is 10.0. The van der Waals surface area contributed by atoms with Crippen LogP contribution in [0.1, 0.15) is 28.9 Å². The molecule has 1 fully saturated rings. The number of carboxylic acid groups (broad SMARTS) is 1. The quantitative estimate of drug-likeness (QED) is 0.895. The summed E-state index contributed by atoms with van der Waals surface area (Å²) < 4.78 is 37.4. The van der Waals surface area contributed by atoms with Gasteiger partial charge in [0, 0.05) is 18.8 Å². The number of hydrogen-bond donors (Lipinski definition) is 1. The summed E-state index contributed by atoms with van der Waals surface area (Å²) in [4.78, 5) is 15.7. The van der Waals surface area contributed by atoms with E-state index in [-0.39, 0.29) is 18.3 Å². The maximum absolute atomic E-state index is 12.5. The summed E-state index contributed by atoms with van der Waals surface area (Å²) >= 11 is 0. The molecule has 0 aliphatic heterocycles. The zero-order valence-electron chi connectivity index (χ0n) is 10.0. The second kappa shape index (κ2) is 5.16. The second-order valence-electron chi connectivity index (χ2n) is 4.61. The molecular formula is C12H13F3N2O2. The largest absolute Gasteiger partial charge is 0.477 e. The fourth-order valence-electron chi connectivity index (χ4n) is 1.91. The Bertz CT molecular complexity index is 472. The van der Waals surface area contributed by atoms with Gasteiger partial charge in [-0.2, -0.15) is 13.2 Å². The first-order valence-electron chi connectivity index (χ1n) is 5.84. The van der Waals surface area contributed by atoms with Crippen molar-refractivity contribution in [1.82, 2.24) is 9.88 Å². The Morgan fingerprint density at radius 1 is 1.47 bits per heavy atom. The van der Waals surface area contributed by atoms with E-state index < -0.39 is 18.7 Å². The maximum Gasteiger partial charge on any atom is 0.401 e. The highest BCUT2D eigenvalue weighted by molar-refractivity contribution is 5.85. The van der Waals surface area contributed by atoms with Crippen molar-refractivity contribution in [3.63, 3.8) is 0 Å². The average molecular weight is 274 g/mol. The van der Waals surface area contributed by atoms with Gasteiger partial charge in [-0.25, -0.2) is 9.78 Å². The minimum Gasteiger partial charge on any atom is -0.477 e. The molecule has 4 nitrogen and oxygen atoms in total. The molecule has 0 amide bonds. The van der Waals surface area contributed by atoms with Gasteiger partial charge in [0.15, 0.2) is 0 Å². The van der Waals surface area contributed by atoms with Crippen LogP contribution in [-0.4, -0.2) is 39.7 Å². The molecule has 1 N–H and O–H groups in total. The van der Waals surface area contributed by atoms with Crippen LogP contribution in [0.3, 0.4) is 0 Å². The Morgan fingerprint density at radius 2 is 2.16 bits per heavy atom. The molecule has 19 heavy (non-hydrogen) atoms. The molecule has 0 atom stereocenters. The third-order valence-corrected chi connectivity index (χ3v) is 2.87. The summed E-state index contributed by atoms with van der Waals surface area (Å²) in [6.45, 7) is -0.880. The number of hydrogen-bond acceptors (Lipinski definition) is 3. The van der Waals surface area contributed by atoms with E-state index in [4.69, 9.17) is 5.11 Å².